The summed E-state index contributed by atoms with van der Waals surface area (Å²) in [5.74, 6) is 0.394. The lowest BCUT2D eigenvalue weighted by molar-refractivity contribution is 0.101. The second kappa shape index (κ2) is 7.29. The van der Waals surface area contributed by atoms with E-state index in [0.29, 0.717) is 10.9 Å². The van der Waals surface area contributed by atoms with Gasteiger partial charge in [0.05, 0.1) is 5.02 Å². The Hall–Kier alpha value is -0.640. The molecular weight excluding hydrogens is 299 g/mol. The summed E-state index contributed by atoms with van der Waals surface area (Å²) in [7, 11) is 0. The molecule has 122 valence electrons. The van der Waals surface area contributed by atoms with Gasteiger partial charge in [0.2, 0.25) is 0 Å². The van der Waals surface area contributed by atoms with Crippen molar-refractivity contribution in [3.05, 3.63) is 34.1 Å². The van der Waals surface area contributed by atoms with Crippen molar-refractivity contribution in [1.82, 2.24) is 10.2 Å². The molecule has 0 bridgehead atoms. The molecule has 1 heterocycles. The van der Waals surface area contributed by atoms with E-state index < -0.39 is 0 Å². The average Bonchev–Trinajstić information content (AvgIpc) is 2.57. The number of halogens is 2. The van der Waals surface area contributed by atoms with Crippen LogP contribution in [-0.2, 0) is 0 Å². The van der Waals surface area contributed by atoms with Gasteiger partial charge in [0.1, 0.15) is 5.82 Å². The Bertz CT molecular complexity index is 490. The summed E-state index contributed by atoms with van der Waals surface area (Å²) < 4.78 is 14.7. The molecule has 1 saturated heterocycles. The molecule has 1 atom stereocenters. The molecule has 0 aromatic heterocycles. The normalized spacial score (nSPS) is 22.7. The second-order valence-corrected chi connectivity index (χ2v) is 7.10. The Morgan fingerprint density at radius 1 is 1.18 bits per heavy atom. The van der Waals surface area contributed by atoms with Crippen LogP contribution in [0.4, 0.5) is 4.39 Å². The lowest BCUT2D eigenvalue weighted by atomic mass is 9.79. The first kappa shape index (κ1) is 16.2. The van der Waals surface area contributed by atoms with E-state index in [9.17, 15) is 4.39 Å². The van der Waals surface area contributed by atoms with Crippen molar-refractivity contribution in [2.45, 2.75) is 45.1 Å². The molecule has 1 aromatic rings. The summed E-state index contributed by atoms with van der Waals surface area (Å²) >= 11 is 6.55. The first-order chi connectivity index (χ1) is 10.7. The smallest absolute Gasteiger partial charge is 0.129 e. The van der Waals surface area contributed by atoms with Crippen molar-refractivity contribution in [3.8, 4) is 0 Å². The van der Waals surface area contributed by atoms with Crippen molar-refractivity contribution in [2.24, 2.45) is 5.92 Å². The molecule has 2 nitrogen and oxygen atoms in total. The highest BCUT2D eigenvalue weighted by Gasteiger charge is 2.34. The molecule has 1 aliphatic carbocycles. The molecule has 1 saturated carbocycles. The monoisotopic (exact) mass is 324 g/mol. The molecule has 1 aliphatic heterocycles. The summed E-state index contributed by atoms with van der Waals surface area (Å²) in [5, 5.41) is 4.03. The number of rotatable bonds is 3. The second-order valence-electron chi connectivity index (χ2n) is 6.72. The summed E-state index contributed by atoms with van der Waals surface area (Å²) in [4.78, 5) is 2.45. The van der Waals surface area contributed by atoms with Crippen LogP contribution in [-0.4, -0.2) is 31.1 Å². The van der Waals surface area contributed by atoms with E-state index >= 15 is 0 Å². The summed E-state index contributed by atoms with van der Waals surface area (Å²) in [5.41, 5.74) is 1.73. The Kier molecular flexibility index (Phi) is 5.37. The number of piperazine rings is 1. The van der Waals surface area contributed by atoms with Crippen molar-refractivity contribution in [1.29, 1.82) is 0 Å². The molecule has 2 aliphatic rings. The third-order valence-electron chi connectivity index (χ3n) is 5.26. The zero-order valence-electron chi connectivity index (χ0n) is 13.4. The van der Waals surface area contributed by atoms with Crippen LogP contribution in [0.25, 0.3) is 0 Å². The Balaban J connectivity index is 1.98. The number of benzene rings is 1. The van der Waals surface area contributed by atoms with Crippen molar-refractivity contribution in [2.75, 3.05) is 26.2 Å². The Morgan fingerprint density at radius 2 is 1.86 bits per heavy atom. The first-order valence-corrected chi connectivity index (χ1v) is 8.95. The molecule has 22 heavy (non-hydrogen) atoms. The van der Waals surface area contributed by atoms with E-state index in [2.05, 4.69) is 10.2 Å². The minimum Gasteiger partial charge on any atom is -0.314 e. The third kappa shape index (κ3) is 3.32. The van der Waals surface area contributed by atoms with Crippen LogP contribution in [0.15, 0.2) is 12.1 Å². The molecular formula is C18H26ClFN2. The van der Waals surface area contributed by atoms with Gasteiger partial charge < -0.3 is 5.32 Å². The molecule has 3 rings (SSSR count). The molecule has 0 spiro atoms. The summed E-state index contributed by atoms with van der Waals surface area (Å²) in [6, 6.07) is 3.51. The predicted octanol–water partition coefficient (Wildman–Crippen LogP) is 4.31. The zero-order valence-corrected chi connectivity index (χ0v) is 14.1. The lowest BCUT2D eigenvalue weighted by Gasteiger charge is -2.41. The van der Waals surface area contributed by atoms with Crippen LogP contribution in [0.5, 0.6) is 0 Å². The summed E-state index contributed by atoms with van der Waals surface area (Å²) in [6.07, 6.45) is 6.22. The van der Waals surface area contributed by atoms with Gasteiger partial charge in [0.15, 0.2) is 0 Å². The van der Waals surface area contributed by atoms with Crippen molar-refractivity contribution in [3.63, 3.8) is 0 Å². The minimum absolute atomic E-state index is 0.134. The van der Waals surface area contributed by atoms with Crippen LogP contribution in [0.3, 0.4) is 0 Å². The highest BCUT2D eigenvalue weighted by Crippen LogP contribution is 2.42. The van der Waals surface area contributed by atoms with Gasteiger partial charge in [0.25, 0.3) is 0 Å². The number of aryl methyl sites for hydroxylation is 1. The number of nitrogens with zero attached hydrogens (tertiary/aromatic N) is 1. The van der Waals surface area contributed by atoms with E-state index in [1.807, 2.05) is 6.92 Å². The van der Waals surface area contributed by atoms with Gasteiger partial charge in [-0.2, -0.15) is 0 Å². The van der Waals surface area contributed by atoms with E-state index in [-0.39, 0.29) is 11.9 Å². The van der Waals surface area contributed by atoms with E-state index in [4.69, 9.17) is 11.6 Å². The summed E-state index contributed by atoms with van der Waals surface area (Å²) in [6.45, 7) is 5.89. The molecule has 0 radical (unpaired) electrons. The predicted molar refractivity (Wildman–Crippen MR) is 89.9 cm³/mol. The van der Waals surface area contributed by atoms with Crippen LogP contribution in [0, 0.1) is 18.7 Å². The lowest BCUT2D eigenvalue weighted by Crippen LogP contribution is -2.47. The van der Waals surface area contributed by atoms with Crippen molar-refractivity contribution >= 4 is 11.6 Å². The number of nitrogens with one attached hydrogen (secondary N) is 1. The van der Waals surface area contributed by atoms with E-state index in [0.717, 1.165) is 37.3 Å². The molecule has 2 fully saturated rings. The quantitative estimate of drug-likeness (QED) is 0.891. The maximum atomic E-state index is 14.7. The van der Waals surface area contributed by atoms with Gasteiger partial charge in [-0.3, -0.25) is 4.90 Å². The van der Waals surface area contributed by atoms with E-state index in [1.54, 1.807) is 12.1 Å². The number of hydrogen-bond donors (Lipinski definition) is 1. The fraction of sp³-hybridized carbons (Fsp3) is 0.667. The largest absolute Gasteiger partial charge is 0.314 e. The standard InChI is InChI=1S/C18H26ClFN2/c1-13-7-8-15(20)16(17(13)19)18(14-5-3-2-4-6-14)22-11-9-21-10-12-22/h7-8,14,18,21H,2-6,9-12H2,1H3/t18-/m1/s1. The highest BCUT2D eigenvalue weighted by atomic mass is 35.5. The van der Waals surface area contributed by atoms with Crippen LogP contribution in [0.2, 0.25) is 5.02 Å². The maximum Gasteiger partial charge on any atom is 0.129 e. The highest BCUT2D eigenvalue weighted by molar-refractivity contribution is 6.32. The van der Waals surface area contributed by atoms with Gasteiger partial charge in [-0.15, -0.1) is 0 Å². The maximum absolute atomic E-state index is 14.7. The van der Waals surface area contributed by atoms with Gasteiger partial charge in [-0.25, -0.2) is 4.39 Å². The van der Waals surface area contributed by atoms with Crippen LogP contribution < -0.4 is 5.32 Å². The van der Waals surface area contributed by atoms with Crippen molar-refractivity contribution < 1.29 is 4.39 Å². The van der Waals surface area contributed by atoms with E-state index in [1.165, 1.54) is 32.1 Å². The molecule has 0 amide bonds. The Morgan fingerprint density at radius 3 is 2.55 bits per heavy atom. The van der Waals surface area contributed by atoms with Gasteiger partial charge in [0, 0.05) is 37.8 Å². The van der Waals surface area contributed by atoms with Gasteiger partial charge >= 0.3 is 0 Å². The Labute approximate surface area is 138 Å². The first-order valence-electron chi connectivity index (χ1n) is 8.57. The molecule has 4 heteroatoms. The third-order valence-corrected chi connectivity index (χ3v) is 5.76. The fourth-order valence-electron chi connectivity index (χ4n) is 4.08. The van der Waals surface area contributed by atoms with Crippen LogP contribution >= 0.6 is 11.6 Å². The van der Waals surface area contributed by atoms with Crippen LogP contribution in [0.1, 0.15) is 49.3 Å². The zero-order chi connectivity index (χ0) is 15.5. The fourth-order valence-corrected chi connectivity index (χ4v) is 4.34. The topological polar surface area (TPSA) is 15.3 Å². The SMILES string of the molecule is Cc1ccc(F)c([C@@H](C2CCCCC2)N2CCNCC2)c1Cl. The van der Waals surface area contributed by atoms with Gasteiger partial charge in [-0.05, 0) is 37.3 Å². The molecule has 1 N–H and O–H groups in total. The molecule has 0 unspecified atom stereocenters. The average molecular weight is 325 g/mol. The molecule has 1 aromatic carbocycles. The number of hydrogen-bond acceptors (Lipinski definition) is 2. The van der Waals surface area contributed by atoms with Gasteiger partial charge in [-0.1, -0.05) is 36.9 Å². The minimum atomic E-state index is -0.135.